The molecule has 3 unspecified atom stereocenters. The molecule has 0 heterocycles. The predicted molar refractivity (Wildman–Crippen MR) is 50.2 cm³/mol. The van der Waals surface area contributed by atoms with Crippen LogP contribution in [-0.2, 0) is 4.79 Å². The van der Waals surface area contributed by atoms with Crippen molar-refractivity contribution in [3.05, 3.63) is 24.3 Å². The van der Waals surface area contributed by atoms with E-state index in [4.69, 9.17) is 5.11 Å². The molecule has 0 aromatic carbocycles. The Morgan fingerprint density at radius 3 is 2.77 bits per heavy atom. The average molecular weight is 178 g/mol. The van der Waals surface area contributed by atoms with Gasteiger partial charge in [0.15, 0.2) is 0 Å². The summed E-state index contributed by atoms with van der Waals surface area (Å²) < 4.78 is 0. The minimum absolute atomic E-state index is 0.226. The van der Waals surface area contributed by atoms with E-state index in [0.29, 0.717) is 17.4 Å². The minimum Gasteiger partial charge on any atom is -0.478 e. The number of aliphatic carboxylic acids is 1. The minimum atomic E-state index is -0.848. The van der Waals surface area contributed by atoms with Crippen molar-refractivity contribution in [3.63, 3.8) is 0 Å². The average Bonchev–Trinajstić information content (AvgIpc) is 2.60. The fourth-order valence-corrected chi connectivity index (χ4v) is 2.79. The van der Waals surface area contributed by atoms with Gasteiger partial charge in [0.2, 0.25) is 0 Å². The summed E-state index contributed by atoms with van der Waals surface area (Å²) in [6, 6.07) is 0. The molecule has 0 aromatic heterocycles. The Kier molecular flexibility index (Phi) is 1.62. The molecule has 0 saturated heterocycles. The number of hydrogen-bond acceptors (Lipinski definition) is 1. The maximum atomic E-state index is 10.9. The fraction of sp³-hybridized carbons (Fsp3) is 0.545. The molecular weight excluding hydrogens is 164 g/mol. The summed E-state index contributed by atoms with van der Waals surface area (Å²) in [4.78, 5) is 10.9. The lowest BCUT2D eigenvalue weighted by Crippen LogP contribution is -2.27. The summed E-state index contributed by atoms with van der Waals surface area (Å²) in [5.41, 5.74) is 0.146. The lowest BCUT2D eigenvalue weighted by atomic mass is 9.73. The van der Waals surface area contributed by atoms with Gasteiger partial charge in [-0.15, -0.1) is 0 Å². The quantitative estimate of drug-likeness (QED) is 0.520. The Balaban J connectivity index is 2.35. The van der Waals surface area contributed by atoms with E-state index in [1.807, 2.05) is 0 Å². The fourth-order valence-electron chi connectivity index (χ4n) is 2.79. The van der Waals surface area contributed by atoms with Crippen molar-refractivity contribution < 1.29 is 9.90 Å². The molecule has 2 bridgehead atoms. The Hall–Kier alpha value is -1.05. The third kappa shape index (κ3) is 0.978. The molecule has 3 atom stereocenters. The van der Waals surface area contributed by atoms with E-state index in [1.54, 1.807) is 0 Å². The van der Waals surface area contributed by atoms with Crippen molar-refractivity contribution in [3.8, 4) is 0 Å². The largest absolute Gasteiger partial charge is 0.478 e. The number of hydrogen-bond donors (Lipinski definition) is 1. The molecule has 1 saturated carbocycles. The van der Waals surface area contributed by atoms with E-state index in [9.17, 15) is 4.79 Å². The molecule has 1 N–H and O–H groups in total. The van der Waals surface area contributed by atoms with Crippen LogP contribution >= 0.6 is 0 Å². The molecule has 2 aliphatic carbocycles. The zero-order chi connectivity index (χ0) is 9.64. The molecule has 70 valence electrons. The van der Waals surface area contributed by atoms with E-state index in [1.165, 1.54) is 0 Å². The summed E-state index contributed by atoms with van der Waals surface area (Å²) >= 11 is 0. The molecule has 0 aliphatic heterocycles. The third-order valence-electron chi connectivity index (χ3n) is 3.62. The highest BCUT2D eigenvalue weighted by Crippen LogP contribution is 2.56. The van der Waals surface area contributed by atoms with Crippen molar-refractivity contribution >= 4 is 5.97 Å². The topological polar surface area (TPSA) is 37.3 Å². The van der Waals surface area contributed by atoms with Gasteiger partial charge < -0.3 is 5.11 Å². The number of carbonyl (C=O) groups is 1. The smallest absolute Gasteiger partial charge is 0.331 e. The molecule has 0 radical (unpaired) electrons. The summed E-state index contributed by atoms with van der Waals surface area (Å²) in [7, 11) is 0. The molecule has 2 aliphatic rings. The first-order valence-corrected chi connectivity index (χ1v) is 4.68. The van der Waals surface area contributed by atoms with Gasteiger partial charge in [-0.25, -0.2) is 4.79 Å². The van der Waals surface area contributed by atoms with Crippen LogP contribution < -0.4 is 0 Å². The second-order valence-corrected chi connectivity index (χ2v) is 4.28. The summed E-state index contributed by atoms with van der Waals surface area (Å²) in [6.45, 7) is 5.83. The van der Waals surface area contributed by atoms with Gasteiger partial charge >= 0.3 is 5.97 Å². The molecular formula is C11H14O2. The number of fused-ring (bicyclic) bond motifs is 2. The number of carboxylic acids is 1. The SMILES string of the molecule is C=C(C(=O)O)C12C=CC(CC1C)C2. The van der Waals surface area contributed by atoms with Crippen molar-refractivity contribution in [1.82, 2.24) is 0 Å². The third-order valence-corrected chi connectivity index (χ3v) is 3.62. The van der Waals surface area contributed by atoms with Gasteiger partial charge in [-0.3, -0.25) is 0 Å². The first-order chi connectivity index (χ1) is 6.06. The summed E-state index contributed by atoms with van der Waals surface area (Å²) in [5.74, 6) is 0.177. The van der Waals surface area contributed by atoms with Crippen molar-refractivity contribution in [2.45, 2.75) is 19.8 Å². The monoisotopic (exact) mass is 178 g/mol. The number of rotatable bonds is 2. The molecule has 2 rings (SSSR count). The standard InChI is InChI=1S/C11H14O2/c1-7-5-9-3-4-11(7,6-9)8(2)10(12)13/h3-4,7,9H,2,5-6H2,1H3,(H,12,13). The van der Waals surface area contributed by atoms with Gasteiger partial charge in [0, 0.05) is 11.0 Å². The van der Waals surface area contributed by atoms with Crippen LogP contribution in [0, 0.1) is 17.3 Å². The Labute approximate surface area is 78.0 Å². The van der Waals surface area contributed by atoms with Crippen LogP contribution in [0.4, 0.5) is 0 Å². The molecule has 0 aromatic rings. The zero-order valence-corrected chi connectivity index (χ0v) is 7.79. The second kappa shape index (κ2) is 2.47. The summed E-state index contributed by atoms with van der Waals surface area (Å²) in [5, 5.41) is 8.94. The van der Waals surface area contributed by atoms with Crippen LogP contribution in [0.2, 0.25) is 0 Å². The maximum Gasteiger partial charge on any atom is 0.331 e. The number of carboxylic acid groups (broad SMARTS) is 1. The van der Waals surface area contributed by atoms with Gasteiger partial charge in [0.1, 0.15) is 0 Å². The normalized spacial score (nSPS) is 41.0. The van der Waals surface area contributed by atoms with Gasteiger partial charge in [0.25, 0.3) is 0 Å². The van der Waals surface area contributed by atoms with Gasteiger partial charge in [0.05, 0.1) is 0 Å². The molecule has 2 heteroatoms. The zero-order valence-electron chi connectivity index (χ0n) is 7.79. The highest BCUT2D eigenvalue weighted by molar-refractivity contribution is 5.88. The molecule has 13 heavy (non-hydrogen) atoms. The highest BCUT2D eigenvalue weighted by atomic mass is 16.4. The van der Waals surface area contributed by atoms with Gasteiger partial charge in [-0.1, -0.05) is 25.7 Å². The Bertz CT molecular complexity index is 303. The van der Waals surface area contributed by atoms with Gasteiger partial charge in [-0.05, 0) is 24.7 Å². The van der Waals surface area contributed by atoms with E-state index >= 15 is 0 Å². The summed E-state index contributed by atoms with van der Waals surface area (Å²) in [6.07, 6.45) is 6.28. The van der Waals surface area contributed by atoms with E-state index in [2.05, 4.69) is 25.7 Å². The van der Waals surface area contributed by atoms with Crippen molar-refractivity contribution in [2.75, 3.05) is 0 Å². The Morgan fingerprint density at radius 2 is 2.38 bits per heavy atom. The van der Waals surface area contributed by atoms with Crippen LogP contribution in [-0.4, -0.2) is 11.1 Å². The maximum absolute atomic E-state index is 10.9. The van der Waals surface area contributed by atoms with E-state index < -0.39 is 5.97 Å². The highest BCUT2D eigenvalue weighted by Gasteiger charge is 2.49. The molecule has 1 fully saturated rings. The predicted octanol–water partition coefficient (Wildman–Crippen LogP) is 2.23. The lowest BCUT2D eigenvalue weighted by Gasteiger charge is -2.29. The van der Waals surface area contributed by atoms with Crippen LogP contribution in [0.5, 0.6) is 0 Å². The Morgan fingerprint density at radius 1 is 1.69 bits per heavy atom. The first-order valence-electron chi connectivity index (χ1n) is 4.68. The van der Waals surface area contributed by atoms with Crippen molar-refractivity contribution in [2.24, 2.45) is 17.3 Å². The number of allylic oxidation sites excluding steroid dienone is 2. The lowest BCUT2D eigenvalue weighted by molar-refractivity contribution is -0.133. The first kappa shape index (κ1) is 8.54. The van der Waals surface area contributed by atoms with Crippen LogP contribution in [0.3, 0.4) is 0 Å². The molecule has 0 spiro atoms. The van der Waals surface area contributed by atoms with Gasteiger partial charge in [-0.2, -0.15) is 0 Å². The van der Waals surface area contributed by atoms with E-state index in [0.717, 1.165) is 12.8 Å². The molecule has 2 nitrogen and oxygen atoms in total. The van der Waals surface area contributed by atoms with Crippen LogP contribution in [0.25, 0.3) is 0 Å². The van der Waals surface area contributed by atoms with E-state index in [-0.39, 0.29) is 5.41 Å². The molecule has 0 amide bonds. The van der Waals surface area contributed by atoms with Crippen molar-refractivity contribution in [1.29, 1.82) is 0 Å². The van der Waals surface area contributed by atoms with Crippen LogP contribution in [0.15, 0.2) is 24.3 Å². The second-order valence-electron chi connectivity index (χ2n) is 4.28. The van der Waals surface area contributed by atoms with Crippen LogP contribution in [0.1, 0.15) is 19.8 Å².